The van der Waals surface area contributed by atoms with Gasteiger partial charge in [0.2, 0.25) is 0 Å². The van der Waals surface area contributed by atoms with Gasteiger partial charge in [0.25, 0.3) is 5.56 Å². The number of aromatic amines is 1. The number of aromatic nitrogens is 2. The monoisotopic (exact) mass is 589 g/mol. The van der Waals surface area contributed by atoms with Crippen molar-refractivity contribution in [2.75, 3.05) is 27.9 Å². The second-order valence-electron chi connectivity index (χ2n) is 10.3. The number of benzene rings is 3. The fraction of sp³-hybridized carbons (Fsp3) is 0.312. The van der Waals surface area contributed by atoms with Crippen LogP contribution in [0.2, 0.25) is 0 Å². The molecule has 43 heavy (non-hydrogen) atoms. The molecule has 4 aromatic rings. The van der Waals surface area contributed by atoms with Crippen LogP contribution in [-0.4, -0.2) is 71.6 Å². The number of hydrogen-bond donors (Lipinski definition) is 3. The molecule has 5 rings (SSSR count). The minimum Gasteiger partial charge on any atom is -0.497 e. The molecule has 0 saturated carbocycles. The van der Waals surface area contributed by atoms with E-state index in [0.29, 0.717) is 28.2 Å². The first-order valence-electron chi connectivity index (χ1n) is 13.6. The van der Waals surface area contributed by atoms with Crippen LogP contribution in [0.4, 0.5) is 0 Å². The highest BCUT2D eigenvalue weighted by atomic mass is 16.6. The third-order valence-electron chi connectivity index (χ3n) is 8.19. The number of hydrogen-bond acceptors (Lipinski definition) is 8. The van der Waals surface area contributed by atoms with Crippen LogP contribution in [0.5, 0.6) is 11.5 Å². The van der Waals surface area contributed by atoms with Gasteiger partial charge in [-0.15, -0.1) is 0 Å². The van der Waals surface area contributed by atoms with Crippen LogP contribution in [0.25, 0.3) is 0 Å². The summed E-state index contributed by atoms with van der Waals surface area (Å²) < 4.78 is 23.6. The van der Waals surface area contributed by atoms with Gasteiger partial charge in [-0.25, -0.2) is 9.90 Å². The van der Waals surface area contributed by atoms with Crippen LogP contribution >= 0.6 is 0 Å². The van der Waals surface area contributed by atoms with Gasteiger partial charge in [0.15, 0.2) is 11.8 Å². The summed E-state index contributed by atoms with van der Waals surface area (Å²) in [4.78, 5) is 26.7. The molecule has 1 fully saturated rings. The average molecular weight is 590 g/mol. The minimum absolute atomic E-state index is 0.583. The predicted octanol–water partition coefficient (Wildman–Crippen LogP) is 2.02. The van der Waals surface area contributed by atoms with Crippen LogP contribution < -0.4 is 20.7 Å². The lowest BCUT2D eigenvalue weighted by Crippen LogP contribution is -2.60. The largest absolute Gasteiger partial charge is 0.497 e. The summed E-state index contributed by atoms with van der Waals surface area (Å²) in [6.07, 6.45) is -4.75. The molecule has 5 atom stereocenters. The molecule has 11 nitrogen and oxygen atoms in total. The highest BCUT2D eigenvalue weighted by molar-refractivity contribution is 5.54. The number of aliphatic hydroxyl groups excluding tert-OH is 1. The van der Waals surface area contributed by atoms with E-state index >= 15 is 0 Å². The molecule has 1 radical (unpaired) electrons. The normalized spacial score (nSPS) is 22.7. The van der Waals surface area contributed by atoms with Crippen molar-refractivity contribution in [1.82, 2.24) is 9.55 Å². The maximum Gasteiger partial charge on any atom is 0.330 e. The lowest BCUT2D eigenvalue weighted by atomic mass is 9.63. The second-order valence-corrected chi connectivity index (χ2v) is 10.3. The lowest BCUT2D eigenvalue weighted by molar-refractivity contribution is -0.162. The summed E-state index contributed by atoms with van der Waals surface area (Å²) in [7, 11) is 4.36. The zero-order chi connectivity index (χ0) is 30.8. The quantitative estimate of drug-likeness (QED) is 0.238. The van der Waals surface area contributed by atoms with Gasteiger partial charge in [-0.05, 0) is 41.0 Å². The topological polar surface area (TPSA) is 152 Å². The van der Waals surface area contributed by atoms with Gasteiger partial charge in [-0.1, -0.05) is 54.6 Å². The number of rotatable bonds is 10. The first kappa shape index (κ1) is 30.2. The van der Waals surface area contributed by atoms with Gasteiger partial charge in [0.1, 0.15) is 36.4 Å². The zero-order valence-electron chi connectivity index (χ0n) is 23.9. The minimum atomic E-state index is -2.31. The first-order chi connectivity index (χ1) is 20.7. The van der Waals surface area contributed by atoms with E-state index in [0.717, 1.165) is 10.6 Å². The maximum atomic E-state index is 12.9. The van der Waals surface area contributed by atoms with E-state index in [2.05, 4.69) is 4.98 Å². The molecular weight excluding hydrogens is 556 g/mol. The van der Waals surface area contributed by atoms with E-state index in [4.69, 9.17) is 18.9 Å². The molecule has 3 N–H and O–H groups in total. The Bertz CT molecular complexity index is 1590. The Morgan fingerprint density at radius 3 is 1.88 bits per heavy atom. The Labute approximate surface area is 247 Å². The van der Waals surface area contributed by atoms with Crippen LogP contribution in [0, 0.1) is 0 Å². The molecule has 225 valence electrons. The van der Waals surface area contributed by atoms with Crippen LogP contribution in [-0.2, 0) is 20.0 Å². The summed E-state index contributed by atoms with van der Waals surface area (Å²) in [6, 6.07) is 24.4. The second kappa shape index (κ2) is 12.2. The van der Waals surface area contributed by atoms with Gasteiger partial charge < -0.3 is 29.2 Å². The predicted molar refractivity (Wildman–Crippen MR) is 155 cm³/mol. The fourth-order valence-corrected chi connectivity index (χ4v) is 6.07. The Balaban J connectivity index is 1.77. The average Bonchev–Trinajstić information content (AvgIpc) is 3.34. The van der Waals surface area contributed by atoms with Gasteiger partial charge in [0, 0.05) is 19.4 Å². The number of aliphatic hydroxyl groups is 2. The van der Waals surface area contributed by atoms with Crippen molar-refractivity contribution in [3.63, 3.8) is 0 Å². The summed E-state index contributed by atoms with van der Waals surface area (Å²) in [6.45, 7) is -1.13. The Kier molecular flexibility index (Phi) is 8.54. The number of nitrogens with zero attached hydrogens (tertiary/aromatic N) is 1. The van der Waals surface area contributed by atoms with Gasteiger partial charge in [-0.3, -0.25) is 14.3 Å². The van der Waals surface area contributed by atoms with Crippen molar-refractivity contribution >= 4 is 0 Å². The van der Waals surface area contributed by atoms with Crippen molar-refractivity contribution in [1.29, 1.82) is 0 Å². The molecule has 3 aromatic carbocycles. The van der Waals surface area contributed by atoms with E-state index in [1.807, 2.05) is 30.3 Å². The molecule has 0 bridgehead atoms. The van der Waals surface area contributed by atoms with E-state index in [1.165, 1.54) is 13.3 Å². The van der Waals surface area contributed by atoms with Crippen molar-refractivity contribution in [2.24, 2.45) is 0 Å². The molecule has 0 amide bonds. The highest BCUT2D eigenvalue weighted by Crippen LogP contribution is 2.50. The molecule has 1 aromatic heterocycles. The van der Waals surface area contributed by atoms with Crippen molar-refractivity contribution < 1.29 is 34.3 Å². The molecule has 1 aliphatic rings. The van der Waals surface area contributed by atoms with E-state index in [9.17, 15) is 24.9 Å². The summed E-state index contributed by atoms with van der Waals surface area (Å²) in [5.74, 6) is 1.17. The Morgan fingerprint density at radius 2 is 1.42 bits per heavy atom. The van der Waals surface area contributed by atoms with Crippen molar-refractivity contribution in [3.05, 3.63) is 129 Å². The molecule has 1 saturated heterocycles. The number of nitrogens with one attached hydrogen (secondary N) is 1. The molecule has 1 aliphatic heterocycles. The van der Waals surface area contributed by atoms with E-state index in [-0.39, 0.29) is 0 Å². The van der Waals surface area contributed by atoms with Crippen LogP contribution in [0.15, 0.2) is 101 Å². The first-order valence-corrected chi connectivity index (χ1v) is 13.6. The van der Waals surface area contributed by atoms with Gasteiger partial charge in [0.05, 0.1) is 19.6 Å². The number of ether oxygens (including phenoxy) is 4. The van der Waals surface area contributed by atoms with E-state index in [1.54, 1.807) is 62.8 Å². The smallest absolute Gasteiger partial charge is 0.330 e. The third-order valence-corrected chi connectivity index (χ3v) is 8.19. The Morgan fingerprint density at radius 1 is 0.884 bits per heavy atom. The molecular formula is C32H33N2O9. The van der Waals surface area contributed by atoms with Crippen LogP contribution in [0.1, 0.15) is 22.9 Å². The SMILES string of the molecule is COc1ccc(C(c2ccccc2)(c2ccc(OC)cc2)C(O)[C@H]2O[C@@H](n3ccc(=O)[nH]c3=O)[C@H](OC)[C@]2(O)C[O])cc1. The summed E-state index contributed by atoms with van der Waals surface area (Å²) in [5, 5.41) is 37.5. The number of H-pyrrole nitrogens is 1. The summed E-state index contributed by atoms with van der Waals surface area (Å²) >= 11 is 0. The molecule has 1 unspecified atom stereocenters. The van der Waals surface area contributed by atoms with E-state index < -0.39 is 53.4 Å². The van der Waals surface area contributed by atoms with Gasteiger partial charge >= 0.3 is 5.69 Å². The zero-order valence-corrected chi connectivity index (χ0v) is 23.9. The summed E-state index contributed by atoms with van der Waals surface area (Å²) in [5.41, 5.74) is -3.37. The fourth-order valence-electron chi connectivity index (χ4n) is 6.07. The molecule has 0 spiro atoms. The highest BCUT2D eigenvalue weighted by Gasteiger charge is 2.63. The van der Waals surface area contributed by atoms with Crippen molar-refractivity contribution in [3.8, 4) is 11.5 Å². The molecule has 0 aliphatic carbocycles. The molecule has 2 heterocycles. The van der Waals surface area contributed by atoms with Crippen molar-refractivity contribution in [2.45, 2.75) is 35.6 Å². The maximum absolute atomic E-state index is 12.9. The molecule has 11 heteroatoms. The Hall–Kier alpha value is -4.26. The van der Waals surface area contributed by atoms with Gasteiger partial charge in [-0.2, -0.15) is 0 Å². The number of methoxy groups -OCH3 is 3. The third kappa shape index (κ3) is 5.05. The van der Waals surface area contributed by atoms with Crippen LogP contribution in [0.3, 0.4) is 0 Å². The lowest BCUT2D eigenvalue weighted by Gasteiger charge is -2.44. The standard InChI is InChI=1S/C32H33N2O9/c1-40-23-13-9-21(10-14-23)32(20-7-5-4-6-8-20,22-11-15-24(41-2)16-12-22)26(37)27-31(39,19-35)28(42-3)29(43-27)34-18-17-25(36)33-30(34)38/h4-18,26-29,37,39H,19H2,1-3H3,(H,33,36,38)/t26?,27-,28+,29-,31+/m1/s1.